The maximum absolute atomic E-state index is 12.6. The van der Waals surface area contributed by atoms with Crippen LogP contribution in [0.4, 0.5) is 13.2 Å². The van der Waals surface area contributed by atoms with Crippen molar-refractivity contribution in [1.82, 2.24) is 0 Å². The van der Waals surface area contributed by atoms with E-state index in [0.29, 0.717) is 17.7 Å². The molecule has 100 valence electrons. The molecule has 19 heavy (non-hydrogen) atoms. The number of benzene rings is 2. The third-order valence-electron chi connectivity index (χ3n) is 2.84. The number of hydrogen-bond donors (Lipinski definition) is 0. The van der Waals surface area contributed by atoms with Gasteiger partial charge in [-0.1, -0.05) is 36.4 Å². The minimum absolute atomic E-state index is 0.411. The lowest BCUT2D eigenvalue weighted by Gasteiger charge is -2.10. The number of hydrogen-bond acceptors (Lipinski definition) is 1. The molecule has 1 nitrogen and oxygen atoms in total. The lowest BCUT2D eigenvalue weighted by atomic mass is 10.0. The molecule has 0 aromatic heterocycles. The van der Waals surface area contributed by atoms with E-state index in [2.05, 4.69) is 0 Å². The first-order chi connectivity index (χ1) is 9.00. The summed E-state index contributed by atoms with van der Waals surface area (Å²) in [6.07, 6.45) is -3.90. The van der Waals surface area contributed by atoms with Gasteiger partial charge in [0.1, 0.15) is 5.75 Å². The zero-order valence-corrected chi connectivity index (χ0v) is 10.4. The third-order valence-corrected chi connectivity index (χ3v) is 2.84. The van der Waals surface area contributed by atoms with Crippen LogP contribution in [0.1, 0.15) is 16.7 Å². The summed E-state index contributed by atoms with van der Waals surface area (Å²) in [4.78, 5) is 0. The summed E-state index contributed by atoms with van der Waals surface area (Å²) in [7, 11) is 1.55. The first kappa shape index (κ1) is 13.5. The molecule has 0 aliphatic carbocycles. The molecule has 0 N–H and O–H groups in total. The number of ether oxygens (including phenoxy) is 1. The zero-order valence-electron chi connectivity index (χ0n) is 10.4. The minimum Gasteiger partial charge on any atom is -0.496 e. The van der Waals surface area contributed by atoms with Crippen molar-refractivity contribution in [3.8, 4) is 5.75 Å². The van der Waals surface area contributed by atoms with Crippen molar-refractivity contribution < 1.29 is 17.9 Å². The van der Waals surface area contributed by atoms with Gasteiger partial charge in [-0.2, -0.15) is 13.2 Å². The SMILES string of the molecule is COc1ccccc1Cc1cccc(C(F)(F)F)c1. The summed E-state index contributed by atoms with van der Waals surface area (Å²) in [5.41, 5.74) is 0.851. The quantitative estimate of drug-likeness (QED) is 0.804. The van der Waals surface area contributed by atoms with Gasteiger partial charge in [0.15, 0.2) is 0 Å². The fraction of sp³-hybridized carbons (Fsp3) is 0.200. The van der Waals surface area contributed by atoms with Gasteiger partial charge in [-0.15, -0.1) is 0 Å². The molecular formula is C15H13F3O. The molecule has 2 aromatic carbocycles. The molecule has 0 saturated carbocycles. The highest BCUT2D eigenvalue weighted by molar-refractivity contribution is 5.38. The van der Waals surface area contributed by atoms with Crippen molar-refractivity contribution in [2.24, 2.45) is 0 Å². The second kappa shape index (κ2) is 5.34. The third kappa shape index (κ3) is 3.28. The van der Waals surface area contributed by atoms with Gasteiger partial charge >= 0.3 is 6.18 Å². The highest BCUT2D eigenvalue weighted by Crippen LogP contribution is 2.30. The van der Waals surface area contributed by atoms with E-state index in [-0.39, 0.29) is 0 Å². The molecule has 0 unspecified atom stereocenters. The van der Waals surface area contributed by atoms with Crippen LogP contribution >= 0.6 is 0 Å². The van der Waals surface area contributed by atoms with Gasteiger partial charge in [0.25, 0.3) is 0 Å². The molecule has 0 aliphatic rings. The number of methoxy groups -OCH3 is 1. The van der Waals surface area contributed by atoms with Crippen molar-refractivity contribution in [2.45, 2.75) is 12.6 Å². The normalized spacial score (nSPS) is 11.4. The van der Waals surface area contributed by atoms with Crippen LogP contribution in [0.2, 0.25) is 0 Å². The summed E-state index contributed by atoms with van der Waals surface area (Å²) in [6, 6.07) is 12.7. The summed E-state index contributed by atoms with van der Waals surface area (Å²) >= 11 is 0. The fourth-order valence-electron chi connectivity index (χ4n) is 1.93. The molecule has 0 fully saturated rings. The van der Waals surface area contributed by atoms with Crippen LogP contribution in [0.25, 0.3) is 0 Å². The monoisotopic (exact) mass is 266 g/mol. The summed E-state index contributed by atoms with van der Waals surface area (Å²) in [6.45, 7) is 0. The van der Waals surface area contributed by atoms with E-state index in [1.54, 1.807) is 19.2 Å². The number of halogens is 3. The van der Waals surface area contributed by atoms with Crippen LogP contribution in [-0.2, 0) is 12.6 Å². The first-order valence-electron chi connectivity index (χ1n) is 5.79. The molecule has 4 heteroatoms. The molecule has 2 aromatic rings. The van der Waals surface area contributed by atoms with Crippen molar-refractivity contribution in [3.63, 3.8) is 0 Å². The summed E-state index contributed by atoms with van der Waals surface area (Å²) in [5, 5.41) is 0. The predicted octanol–water partition coefficient (Wildman–Crippen LogP) is 4.30. The van der Waals surface area contributed by atoms with E-state index in [1.165, 1.54) is 12.1 Å². The molecule has 0 bridgehead atoms. The highest BCUT2D eigenvalue weighted by Gasteiger charge is 2.30. The Kier molecular flexibility index (Phi) is 3.79. The molecular weight excluding hydrogens is 253 g/mol. The standard InChI is InChI=1S/C15H13F3O/c1-19-14-8-3-2-6-12(14)9-11-5-4-7-13(10-11)15(16,17)18/h2-8,10H,9H2,1H3. The Morgan fingerprint density at radius 3 is 2.42 bits per heavy atom. The van der Waals surface area contributed by atoms with Crippen molar-refractivity contribution in [3.05, 3.63) is 65.2 Å². The van der Waals surface area contributed by atoms with Crippen LogP contribution in [0.15, 0.2) is 48.5 Å². The van der Waals surface area contributed by atoms with Crippen LogP contribution in [0.5, 0.6) is 5.75 Å². The topological polar surface area (TPSA) is 9.23 Å². The van der Waals surface area contributed by atoms with E-state index in [1.807, 2.05) is 18.2 Å². The van der Waals surface area contributed by atoms with Crippen LogP contribution in [0.3, 0.4) is 0 Å². The average molecular weight is 266 g/mol. The van der Waals surface area contributed by atoms with E-state index in [4.69, 9.17) is 4.74 Å². The summed E-state index contributed by atoms with van der Waals surface area (Å²) in [5.74, 6) is 0.680. The molecule has 0 aliphatic heterocycles. The van der Waals surface area contributed by atoms with Crippen LogP contribution in [0, 0.1) is 0 Å². The Labute approximate surface area is 109 Å². The minimum atomic E-state index is -4.31. The zero-order chi connectivity index (χ0) is 13.9. The van der Waals surface area contributed by atoms with E-state index in [0.717, 1.165) is 11.6 Å². The number of alkyl halides is 3. The summed E-state index contributed by atoms with van der Waals surface area (Å²) < 4.78 is 43.1. The van der Waals surface area contributed by atoms with Gasteiger partial charge in [0.2, 0.25) is 0 Å². The smallest absolute Gasteiger partial charge is 0.416 e. The largest absolute Gasteiger partial charge is 0.496 e. The van der Waals surface area contributed by atoms with Crippen molar-refractivity contribution >= 4 is 0 Å². The van der Waals surface area contributed by atoms with E-state index >= 15 is 0 Å². The molecule has 0 heterocycles. The molecule has 0 spiro atoms. The predicted molar refractivity (Wildman–Crippen MR) is 67.2 cm³/mol. The first-order valence-corrected chi connectivity index (χ1v) is 5.79. The molecule has 0 atom stereocenters. The Hall–Kier alpha value is -1.97. The van der Waals surface area contributed by atoms with Gasteiger partial charge in [0.05, 0.1) is 12.7 Å². The molecule has 0 amide bonds. The highest BCUT2D eigenvalue weighted by atomic mass is 19.4. The Morgan fingerprint density at radius 2 is 1.74 bits per heavy atom. The maximum atomic E-state index is 12.6. The number of rotatable bonds is 3. The van der Waals surface area contributed by atoms with Gasteiger partial charge in [-0.05, 0) is 23.3 Å². The second-order valence-electron chi connectivity index (χ2n) is 4.19. The Bertz CT molecular complexity index is 561. The van der Waals surface area contributed by atoms with Gasteiger partial charge in [-0.3, -0.25) is 0 Å². The molecule has 0 saturated heterocycles. The van der Waals surface area contributed by atoms with Gasteiger partial charge in [0, 0.05) is 6.42 Å². The van der Waals surface area contributed by atoms with E-state index < -0.39 is 11.7 Å². The van der Waals surface area contributed by atoms with Gasteiger partial charge in [-0.25, -0.2) is 0 Å². The maximum Gasteiger partial charge on any atom is 0.416 e. The fourth-order valence-corrected chi connectivity index (χ4v) is 1.93. The second-order valence-corrected chi connectivity index (χ2v) is 4.19. The van der Waals surface area contributed by atoms with Crippen LogP contribution in [-0.4, -0.2) is 7.11 Å². The average Bonchev–Trinajstić information content (AvgIpc) is 2.39. The molecule has 0 radical (unpaired) electrons. The van der Waals surface area contributed by atoms with Gasteiger partial charge < -0.3 is 4.74 Å². The van der Waals surface area contributed by atoms with Crippen LogP contribution < -0.4 is 4.74 Å². The number of para-hydroxylation sites is 1. The lowest BCUT2D eigenvalue weighted by molar-refractivity contribution is -0.137. The van der Waals surface area contributed by atoms with E-state index in [9.17, 15) is 13.2 Å². The molecule has 2 rings (SSSR count). The Morgan fingerprint density at radius 1 is 1.00 bits per heavy atom. The Balaban J connectivity index is 2.29. The lowest BCUT2D eigenvalue weighted by Crippen LogP contribution is -2.05. The van der Waals surface area contributed by atoms with Crippen molar-refractivity contribution in [2.75, 3.05) is 7.11 Å². The van der Waals surface area contributed by atoms with Crippen molar-refractivity contribution in [1.29, 1.82) is 0 Å².